The minimum absolute atomic E-state index is 0.233. The second kappa shape index (κ2) is 6.69. The van der Waals surface area contributed by atoms with E-state index in [-0.39, 0.29) is 5.91 Å². The highest BCUT2D eigenvalue weighted by molar-refractivity contribution is 5.76. The Labute approximate surface area is 133 Å². The molecule has 0 unspecified atom stereocenters. The van der Waals surface area contributed by atoms with E-state index in [4.69, 9.17) is 4.74 Å². The second-order valence-electron chi connectivity index (χ2n) is 6.78. The van der Waals surface area contributed by atoms with E-state index in [1.165, 1.54) is 19.5 Å². The molecule has 4 heteroatoms. The Morgan fingerprint density at radius 3 is 2.45 bits per heavy atom. The van der Waals surface area contributed by atoms with Crippen LogP contribution in [0, 0.1) is 5.41 Å². The topological polar surface area (TPSA) is 32.8 Å². The van der Waals surface area contributed by atoms with Crippen molar-refractivity contribution in [3.63, 3.8) is 0 Å². The zero-order chi connectivity index (χ0) is 15.4. The molecule has 0 aliphatic carbocycles. The number of nitrogens with zero attached hydrogens (tertiary/aromatic N) is 2. The smallest absolute Gasteiger partial charge is 0.225 e. The number of para-hydroxylation sites is 1. The summed E-state index contributed by atoms with van der Waals surface area (Å²) in [7, 11) is 2.20. The first kappa shape index (κ1) is 15.3. The normalized spacial score (nSPS) is 21.2. The van der Waals surface area contributed by atoms with E-state index in [0.29, 0.717) is 18.4 Å². The molecule has 22 heavy (non-hydrogen) atoms. The third kappa shape index (κ3) is 3.61. The molecular weight excluding hydrogens is 276 g/mol. The molecular formula is C18H26N2O2. The van der Waals surface area contributed by atoms with Gasteiger partial charge >= 0.3 is 0 Å². The van der Waals surface area contributed by atoms with Crippen LogP contribution in [0.5, 0.6) is 5.75 Å². The van der Waals surface area contributed by atoms with Crippen molar-refractivity contribution in [2.24, 2.45) is 5.41 Å². The molecule has 0 aromatic heterocycles. The van der Waals surface area contributed by atoms with Gasteiger partial charge in [-0.1, -0.05) is 18.2 Å². The summed E-state index contributed by atoms with van der Waals surface area (Å²) < 4.78 is 5.62. The van der Waals surface area contributed by atoms with Crippen LogP contribution in [-0.4, -0.2) is 55.5 Å². The first-order chi connectivity index (χ1) is 10.7. The van der Waals surface area contributed by atoms with E-state index in [0.717, 1.165) is 31.7 Å². The minimum atomic E-state index is 0.233. The Morgan fingerprint density at radius 2 is 1.82 bits per heavy atom. The van der Waals surface area contributed by atoms with Crippen molar-refractivity contribution in [2.75, 3.05) is 39.8 Å². The van der Waals surface area contributed by atoms with E-state index in [9.17, 15) is 4.79 Å². The molecule has 120 valence electrons. The molecule has 1 amide bonds. The van der Waals surface area contributed by atoms with Gasteiger partial charge in [0, 0.05) is 19.6 Å². The predicted octanol–water partition coefficient (Wildman–Crippen LogP) is 2.40. The van der Waals surface area contributed by atoms with Crippen LogP contribution in [0.1, 0.15) is 25.7 Å². The van der Waals surface area contributed by atoms with Crippen LogP contribution in [0.25, 0.3) is 0 Å². The van der Waals surface area contributed by atoms with Crippen LogP contribution in [0.3, 0.4) is 0 Å². The number of benzene rings is 1. The predicted molar refractivity (Wildman–Crippen MR) is 86.9 cm³/mol. The maximum absolute atomic E-state index is 12.3. The summed E-state index contributed by atoms with van der Waals surface area (Å²) in [6.45, 7) is 4.70. The number of hydrogen-bond acceptors (Lipinski definition) is 3. The summed E-state index contributed by atoms with van der Waals surface area (Å²) in [6, 6.07) is 9.69. The lowest BCUT2D eigenvalue weighted by Crippen LogP contribution is -2.44. The first-order valence-corrected chi connectivity index (χ1v) is 8.31. The van der Waals surface area contributed by atoms with Gasteiger partial charge in [0.05, 0.1) is 13.0 Å². The molecule has 0 bridgehead atoms. The summed E-state index contributed by atoms with van der Waals surface area (Å²) in [4.78, 5) is 16.7. The van der Waals surface area contributed by atoms with Crippen LogP contribution >= 0.6 is 0 Å². The standard InChI is InChI=1S/C18H26N2O2/c1-19-11-8-18(15-19)9-12-20(13-10-18)17(21)7-14-22-16-5-3-2-4-6-16/h2-6H,7-15H2,1H3. The molecule has 0 radical (unpaired) electrons. The van der Waals surface area contributed by atoms with Gasteiger partial charge in [-0.05, 0) is 50.4 Å². The van der Waals surface area contributed by atoms with Gasteiger partial charge in [0.1, 0.15) is 5.75 Å². The molecule has 2 fully saturated rings. The average molecular weight is 302 g/mol. The van der Waals surface area contributed by atoms with Crippen LogP contribution in [-0.2, 0) is 4.79 Å². The summed E-state index contributed by atoms with van der Waals surface area (Å²) in [6.07, 6.45) is 4.08. The molecule has 4 nitrogen and oxygen atoms in total. The number of amides is 1. The van der Waals surface area contributed by atoms with Crippen molar-refractivity contribution in [2.45, 2.75) is 25.7 Å². The molecule has 0 N–H and O–H groups in total. The van der Waals surface area contributed by atoms with Gasteiger partial charge in [0.25, 0.3) is 0 Å². The number of likely N-dealkylation sites (tertiary alicyclic amines) is 2. The van der Waals surface area contributed by atoms with Gasteiger partial charge in [-0.25, -0.2) is 0 Å². The van der Waals surface area contributed by atoms with Gasteiger partial charge in [-0.15, -0.1) is 0 Å². The highest BCUT2D eigenvalue weighted by Crippen LogP contribution is 2.39. The van der Waals surface area contributed by atoms with Gasteiger partial charge in [0.15, 0.2) is 0 Å². The highest BCUT2D eigenvalue weighted by atomic mass is 16.5. The first-order valence-electron chi connectivity index (χ1n) is 8.31. The van der Waals surface area contributed by atoms with Crippen molar-refractivity contribution in [3.05, 3.63) is 30.3 Å². The lowest BCUT2D eigenvalue weighted by Gasteiger charge is -2.39. The van der Waals surface area contributed by atoms with Gasteiger partial charge in [-0.2, -0.15) is 0 Å². The molecule has 0 saturated carbocycles. The summed E-state index contributed by atoms with van der Waals surface area (Å²) in [5.74, 6) is 1.07. The van der Waals surface area contributed by atoms with E-state index >= 15 is 0 Å². The summed E-state index contributed by atoms with van der Waals surface area (Å²) >= 11 is 0. The fourth-order valence-corrected chi connectivity index (χ4v) is 3.73. The zero-order valence-corrected chi connectivity index (χ0v) is 13.5. The van der Waals surface area contributed by atoms with Crippen molar-refractivity contribution in [3.8, 4) is 5.75 Å². The third-order valence-electron chi connectivity index (χ3n) is 5.13. The van der Waals surface area contributed by atoms with E-state index in [1.807, 2.05) is 35.2 Å². The zero-order valence-electron chi connectivity index (χ0n) is 13.5. The van der Waals surface area contributed by atoms with Crippen LogP contribution in [0.15, 0.2) is 30.3 Å². The number of piperidine rings is 1. The van der Waals surface area contributed by atoms with Crippen LogP contribution in [0.2, 0.25) is 0 Å². The van der Waals surface area contributed by atoms with Crippen molar-refractivity contribution < 1.29 is 9.53 Å². The van der Waals surface area contributed by atoms with Gasteiger partial charge < -0.3 is 14.5 Å². The van der Waals surface area contributed by atoms with Crippen molar-refractivity contribution in [1.82, 2.24) is 9.80 Å². The Morgan fingerprint density at radius 1 is 1.14 bits per heavy atom. The molecule has 1 aromatic carbocycles. The summed E-state index contributed by atoms with van der Waals surface area (Å²) in [5.41, 5.74) is 0.478. The molecule has 2 heterocycles. The Hall–Kier alpha value is -1.55. The maximum atomic E-state index is 12.3. The SMILES string of the molecule is CN1CCC2(CCN(C(=O)CCOc3ccccc3)CC2)C1. The largest absolute Gasteiger partial charge is 0.493 e. The third-order valence-corrected chi connectivity index (χ3v) is 5.13. The number of ether oxygens (including phenoxy) is 1. The fourth-order valence-electron chi connectivity index (χ4n) is 3.73. The highest BCUT2D eigenvalue weighted by Gasteiger charge is 2.39. The Bertz CT molecular complexity index is 495. The number of rotatable bonds is 4. The van der Waals surface area contributed by atoms with Crippen LogP contribution in [0.4, 0.5) is 0 Å². The monoisotopic (exact) mass is 302 g/mol. The molecule has 1 spiro atoms. The average Bonchev–Trinajstić information content (AvgIpc) is 2.89. The van der Waals surface area contributed by atoms with Crippen molar-refractivity contribution in [1.29, 1.82) is 0 Å². The molecule has 2 aliphatic heterocycles. The Kier molecular flexibility index (Phi) is 4.67. The molecule has 3 rings (SSSR count). The fraction of sp³-hybridized carbons (Fsp3) is 0.611. The van der Waals surface area contributed by atoms with Gasteiger partial charge in [0.2, 0.25) is 5.91 Å². The lowest BCUT2D eigenvalue weighted by atomic mass is 9.78. The lowest BCUT2D eigenvalue weighted by molar-refractivity contribution is -0.133. The number of carbonyl (C=O) groups excluding carboxylic acids is 1. The minimum Gasteiger partial charge on any atom is -0.493 e. The number of carbonyl (C=O) groups is 1. The number of hydrogen-bond donors (Lipinski definition) is 0. The van der Waals surface area contributed by atoms with Crippen LogP contribution < -0.4 is 4.74 Å². The van der Waals surface area contributed by atoms with Crippen molar-refractivity contribution >= 4 is 5.91 Å². The molecule has 2 aliphatic rings. The van der Waals surface area contributed by atoms with E-state index in [1.54, 1.807) is 0 Å². The summed E-state index contributed by atoms with van der Waals surface area (Å²) in [5, 5.41) is 0. The quantitative estimate of drug-likeness (QED) is 0.856. The molecule has 1 aromatic rings. The molecule has 2 saturated heterocycles. The Balaban J connectivity index is 1.40. The maximum Gasteiger partial charge on any atom is 0.225 e. The van der Waals surface area contributed by atoms with Gasteiger partial charge in [-0.3, -0.25) is 4.79 Å². The second-order valence-corrected chi connectivity index (χ2v) is 6.78. The molecule has 0 atom stereocenters. The van der Waals surface area contributed by atoms with E-state index < -0.39 is 0 Å². The van der Waals surface area contributed by atoms with E-state index in [2.05, 4.69) is 11.9 Å².